The molecule has 4 rings (SSSR count). The van der Waals surface area contributed by atoms with E-state index in [-0.39, 0.29) is 17.7 Å². The Kier molecular flexibility index (Phi) is 5.40. The quantitative estimate of drug-likeness (QED) is 0.790. The Labute approximate surface area is 176 Å². The van der Waals surface area contributed by atoms with Gasteiger partial charge < -0.3 is 10.2 Å². The molecule has 30 heavy (non-hydrogen) atoms. The minimum absolute atomic E-state index is 0.159. The van der Waals surface area contributed by atoms with Crippen molar-refractivity contribution < 1.29 is 14.4 Å². The number of hydrogen-bond donors (Lipinski definition) is 1. The van der Waals surface area contributed by atoms with Crippen LogP contribution in [-0.4, -0.2) is 35.7 Å². The van der Waals surface area contributed by atoms with E-state index in [4.69, 9.17) is 0 Å². The number of anilines is 2. The van der Waals surface area contributed by atoms with E-state index in [9.17, 15) is 14.4 Å². The molecule has 6 heteroatoms. The van der Waals surface area contributed by atoms with Crippen LogP contribution >= 0.6 is 0 Å². The smallest absolute Gasteiger partial charge is 0.282 e. The fourth-order valence-corrected chi connectivity index (χ4v) is 4.11. The van der Waals surface area contributed by atoms with Gasteiger partial charge in [0.2, 0.25) is 5.91 Å². The first-order valence-corrected chi connectivity index (χ1v) is 10.3. The third-order valence-corrected chi connectivity index (χ3v) is 5.49. The highest BCUT2D eigenvalue weighted by atomic mass is 16.2. The van der Waals surface area contributed by atoms with Crippen LogP contribution in [0.3, 0.4) is 0 Å². The van der Waals surface area contributed by atoms with Gasteiger partial charge in [0.25, 0.3) is 11.8 Å². The van der Waals surface area contributed by atoms with E-state index in [1.54, 1.807) is 30.3 Å². The Bertz CT molecular complexity index is 1030. The molecule has 6 nitrogen and oxygen atoms in total. The SMILES string of the molecule is CC(=O)Nc1ccc(C2=C(N3CCCCC3)C(=O)N(c3cccc(C)c3)C2=O)cc1. The van der Waals surface area contributed by atoms with E-state index < -0.39 is 0 Å². The van der Waals surface area contributed by atoms with E-state index in [2.05, 4.69) is 10.2 Å². The van der Waals surface area contributed by atoms with Crippen molar-refractivity contribution >= 4 is 34.7 Å². The maximum Gasteiger partial charge on any atom is 0.282 e. The molecule has 154 valence electrons. The van der Waals surface area contributed by atoms with Gasteiger partial charge in [0.15, 0.2) is 0 Å². The first-order valence-electron chi connectivity index (χ1n) is 10.3. The normalized spacial score (nSPS) is 17.0. The van der Waals surface area contributed by atoms with Crippen LogP contribution in [0.5, 0.6) is 0 Å². The Morgan fingerprint density at radius 1 is 0.933 bits per heavy atom. The van der Waals surface area contributed by atoms with Crippen LogP contribution in [0.4, 0.5) is 11.4 Å². The summed E-state index contributed by atoms with van der Waals surface area (Å²) in [4.78, 5) is 41.6. The number of likely N-dealkylation sites (tertiary alicyclic amines) is 1. The lowest BCUT2D eigenvalue weighted by atomic mass is 10.0. The van der Waals surface area contributed by atoms with Crippen LogP contribution in [0.25, 0.3) is 5.57 Å². The third-order valence-electron chi connectivity index (χ3n) is 5.49. The zero-order valence-electron chi connectivity index (χ0n) is 17.3. The number of carbonyl (C=O) groups excluding carboxylic acids is 3. The molecule has 2 aliphatic heterocycles. The van der Waals surface area contributed by atoms with Crippen molar-refractivity contribution in [3.63, 3.8) is 0 Å². The molecule has 0 atom stereocenters. The number of nitrogens with one attached hydrogen (secondary N) is 1. The number of nitrogens with zero attached hydrogens (tertiary/aromatic N) is 2. The molecule has 0 bridgehead atoms. The van der Waals surface area contributed by atoms with E-state index in [0.717, 1.165) is 37.9 Å². The monoisotopic (exact) mass is 403 g/mol. The highest BCUT2D eigenvalue weighted by molar-refractivity contribution is 6.45. The summed E-state index contributed by atoms with van der Waals surface area (Å²) in [5, 5.41) is 2.73. The lowest BCUT2D eigenvalue weighted by molar-refractivity contribution is -0.121. The van der Waals surface area contributed by atoms with Crippen molar-refractivity contribution in [3.05, 3.63) is 65.4 Å². The number of benzene rings is 2. The molecule has 2 aromatic carbocycles. The van der Waals surface area contributed by atoms with Gasteiger partial charge in [-0.1, -0.05) is 24.3 Å². The standard InChI is InChI=1S/C24H25N3O3/c1-16-7-6-8-20(15-16)27-23(29)21(18-9-11-19(12-10-18)25-17(2)28)22(24(27)30)26-13-4-3-5-14-26/h6-12,15H,3-5,13-14H2,1-2H3,(H,25,28). The molecule has 2 heterocycles. The third kappa shape index (κ3) is 3.73. The Balaban J connectivity index is 1.78. The minimum Gasteiger partial charge on any atom is -0.366 e. The number of imide groups is 1. The molecular formula is C24H25N3O3. The number of aryl methyl sites for hydroxylation is 1. The number of hydrogen-bond acceptors (Lipinski definition) is 4. The zero-order valence-corrected chi connectivity index (χ0v) is 17.3. The average Bonchev–Trinajstić information content (AvgIpc) is 2.99. The second kappa shape index (κ2) is 8.14. The summed E-state index contributed by atoms with van der Waals surface area (Å²) in [5.74, 6) is -0.736. The minimum atomic E-state index is -0.307. The maximum absolute atomic E-state index is 13.5. The lowest BCUT2D eigenvalue weighted by Crippen LogP contribution is -2.37. The van der Waals surface area contributed by atoms with Crippen molar-refractivity contribution in [1.29, 1.82) is 0 Å². The van der Waals surface area contributed by atoms with Crippen molar-refractivity contribution in [2.24, 2.45) is 0 Å². The molecule has 0 saturated carbocycles. The molecule has 0 spiro atoms. The first-order chi connectivity index (χ1) is 14.5. The second-order valence-corrected chi connectivity index (χ2v) is 7.81. The predicted octanol–water partition coefficient (Wildman–Crippen LogP) is 3.72. The lowest BCUT2D eigenvalue weighted by Gasteiger charge is -2.29. The van der Waals surface area contributed by atoms with Crippen molar-refractivity contribution in [2.45, 2.75) is 33.1 Å². The Hall–Kier alpha value is -3.41. The summed E-state index contributed by atoms with van der Waals surface area (Å²) >= 11 is 0. The second-order valence-electron chi connectivity index (χ2n) is 7.81. The molecule has 0 aromatic heterocycles. The van der Waals surface area contributed by atoms with Gasteiger partial charge in [0.05, 0.1) is 11.3 Å². The summed E-state index contributed by atoms with van der Waals surface area (Å²) < 4.78 is 0. The highest BCUT2D eigenvalue weighted by Gasteiger charge is 2.42. The zero-order chi connectivity index (χ0) is 21.3. The number of amides is 3. The summed E-state index contributed by atoms with van der Waals surface area (Å²) in [6.07, 6.45) is 3.14. The molecule has 0 unspecified atom stereocenters. The van der Waals surface area contributed by atoms with Crippen LogP contribution in [0.1, 0.15) is 37.3 Å². The van der Waals surface area contributed by atoms with Gasteiger partial charge in [0.1, 0.15) is 5.70 Å². The predicted molar refractivity (Wildman–Crippen MR) is 117 cm³/mol. The number of carbonyl (C=O) groups is 3. The fraction of sp³-hybridized carbons (Fsp3) is 0.292. The molecule has 1 N–H and O–H groups in total. The topological polar surface area (TPSA) is 69.7 Å². The van der Waals surface area contributed by atoms with E-state index in [1.807, 2.05) is 25.1 Å². The van der Waals surface area contributed by atoms with Gasteiger partial charge in [0, 0.05) is 25.7 Å². The first kappa shape index (κ1) is 19.9. The number of rotatable bonds is 4. The molecule has 2 aromatic rings. The molecule has 3 amide bonds. The van der Waals surface area contributed by atoms with E-state index in [1.165, 1.54) is 11.8 Å². The summed E-state index contributed by atoms with van der Waals surface area (Å²) in [5.41, 5.74) is 3.81. The van der Waals surface area contributed by atoms with Crippen LogP contribution in [0.2, 0.25) is 0 Å². The van der Waals surface area contributed by atoms with E-state index in [0.29, 0.717) is 28.2 Å². The van der Waals surface area contributed by atoms with Gasteiger partial charge in [-0.2, -0.15) is 0 Å². The van der Waals surface area contributed by atoms with Crippen molar-refractivity contribution in [3.8, 4) is 0 Å². The van der Waals surface area contributed by atoms with Gasteiger partial charge in [-0.25, -0.2) is 4.90 Å². The van der Waals surface area contributed by atoms with Gasteiger partial charge in [-0.15, -0.1) is 0 Å². The summed E-state index contributed by atoms with van der Waals surface area (Å²) in [6, 6.07) is 14.5. The average molecular weight is 403 g/mol. The van der Waals surface area contributed by atoms with Crippen LogP contribution < -0.4 is 10.2 Å². The van der Waals surface area contributed by atoms with Gasteiger partial charge in [-0.3, -0.25) is 14.4 Å². The summed E-state index contributed by atoms with van der Waals surface area (Å²) in [6.45, 7) is 4.92. The van der Waals surface area contributed by atoms with Gasteiger partial charge >= 0.3 is 0 Å². The summed E-state index contributed by atoms with van der Waals surface area (Å²) in [7, 11) is 0. The highest BCUT2D eigenvalue weighted by Crippen LogP contribution is 2.36. The molecule has 0 aliphatic carbocycles. The van der Waals surface area contributed by atoms with Crippen LogP contribution in [0.15, 0.2) is 54.2 Å². The maximum atomic E-state index is 13.5. The largest absolute Gasteiger partial charge is 0.366 e. The fourth-order valence-electron chi connectivity index (χ4n) is 4.11. The van der Waals surface area contributed by atoms with E-state index >= 15 is 0 Å². The molecule has 0 radical (unpaired) electrons. The Morgan fingerprint density at radius 3 is 2.27 bits per heavy atom. The molecule has 1 saturated heterocycles. The molecule has 2 aliphatic rings. The molecular weight excluding hydrogens is 378 g/mol. The number of piperidine rings is 1. The van der Waals surface area contributed by atoms with Crippen molar-refractivity contribution in [2.75, 3.05) is 23.3 Å². The van der Waals surface area contributed by atoms with Crippen LogP contribution in [0, 0.1) is 6.92 Å². The molecule has 1 fully saturated rings. The van der Waals surface area contributed by atoms with Crippen LogP contribution in [-0.2, 0) is 14.4 Å². The van der Waals surface area contributed by atoms with Gasteiger partial charge in [-0.05, 0) is 61.6 Å². The Morgan fingerprint density at radius 2 is 1.63 bits per heavy atom. The van der Waals surface area contributed by atoms with Crippen molar-refractivity contribution in [1.82, 2.24) is 4.90 Å².